The zero-order valence-corrected chi connectivity index (χ0v) is 9.21. The Hall–Kier alpha value is -0.970. The molecule has 0 unspecified atom stereocenters. The Balaban J connectivity index is 2.60. The molecule has 0 aliphatic carbocycles. The van der Waals surface area contributed by atoms with Gasteiger partial charge in [-0.2, -0.15) is 0 Å². The Morgan fingerprint density at radius 1 is 1.71 bits per heavy atom. The molecule has 1 N–H and O–H groups in total. The third-order valence-corrected chi connectivity index (χ3v) is 2.68. The van der Waals surface area contributed by atoms with Crippen molar-refractivity contribution < 1.29 is 9.18 Å². The maximum Gasteiger partial charge on any atom is 0.239 e. The minimum Gasteiger partial charge on any atom is -0.310 e. The van der Waals surface area contributed by atoms with Crippen LogP contribution in [0.25, 0.3) is 0 Å². The fraction of sp³-hybridized carbons (Fsp3) is 0.333. The second-order valence-corrected chi connectivity index (χ2v) is 3.83. The van der Waals surface area contributed by atoms with Gasteiger partial charge in [-0.05, 0) is 18.6 Å². The standard InChI is InChI=1S/C9H10BrFN2O/c1-2-7(10)9(14)13-8-4-3-6(11)5-12-8/h3-5,7H,2H2,1H3,(H,12,13,14)/t7-/m1/s1. The Morgan fingerprint density at radius 2 is 2.43 bits per heavy atom. The Labute approximate surface area is 89.9 Å². The molecule has 1 heterocycles. The van der Waals surface area contributed by atoms with Crippen molar-refractivity contribution in [3.05, 3.63) is 24.1 Å². The smallest absolute Gasteiger partial charge is 0.239 e. The molecule has 0 radical (unpaired) electrons. The van der Waals surface area contributed by atoms with Gasteiger partial charge in [-0.15, -0.1) is 0 Å². The molecule has 3 nitrogen and oxygen atoms in total. The van der Waals surface area contributed by atoms with E-state index >= 15 is 0 Å². The highest BCUT2D eigenvalue weighted by Crippen LogP contribution is 2.09. The number of nitrogens with zero attached hydrogens (tertiary/aromatic N) is 1. The molecule has 1 rings (SSSR count). The number of hydrogen-bond acceptors (Lipinski definition) is 2. The third kappa shape index (κ3) is 3.06. The number of aromatic nitrogens is 1. The minimum absolute atomic E-state index is 0.174. The van der Waals surface area contributed by atoms with Gasteiger partial charge in [0, 0.05) is 0 Å². The number of amides is 1. The van der Waals surface area contributed by atoms with E-state index in [0.717, 1.165) is 6.20 Å². The molecule has 0 aromatic carbocycles. The first-order chi connectivity index (χ1) is 6.63. The molecule has 1 aromatic heterocycles. The van der Waals surface area contributed by atoms with Crippen molar-refractivity contribution in [3.63, 3.8) is 0 Å². The van der Waals surface area contributed by atoms with E-state index in [1.807, 2.05) is 6.92 Å². The molecule has 76 valence electrons. The molecule has 0 fully saturated rings. The SMILES string of the molecule is CC[C@@H](Br)C(=O)Nc1ccc(F)cn1. The summed E-state index contributed by atoms with van der Waals surface area (Å²) in [7, 11) is 0. The van der Waals surface area contributed by atoms with E-state index in [4.69, 9.17) is 0 Å². The molecular formula is C9H10BrFN2O. The van der Waals surface area contributed by atoms with Gasteiger partial charge in [0.1, 0.15) is 11.6 Å². The first-order valence-corrected chi connectivity index (χ1v) is 5.11. The molecule has 14 heavy (non-hydrogen) atoms. The van der Waals surface area contributed by atoms with Crippen LogP contribution >= 0.6 is 15.9 Å². The highest BCUT2D eigenvalue weighted by Gasteiger charge is 2.12. The minimum atomic E-state index is -0.422. The van der Waals surface area contributed by atoms with Crippen molar-refractivity contribution in [2.24, 2.45) is 0 Å². The van der Waals surface area contributed by atoms with Gasteiger partial charge >= 0.3 is 0 Å². The maximum absolute atomic E-state index is 12.5. The molecule has 1 amide bonds. The van der Waals surface area contributed by atoms with Crippen molar-refractivity contribution >= 4 is 27.7 Å². The zero-order chi connectivity index (χ0) is 10.6. The molecule has 0 saturated heterocycles. The van der Waals surface area contributed by atoms with Crippen molar-refractivity contribution in [1.29, 1.82) is 0 Å². The van der Waals surface area contributed by atoms with Crippen molar-refractivity contribution in [2.45, 2.75) is 18.2 Å². The zero-order valence-electron chi connectivity index (χ0n) is 7.63. The van der Waals surface area contributed by atoms with E-state index in [2.05, 4.69) is 26.2 Å². The van der Waals surface area contributed by atoms with Gasteiger partial charge < -0.3 is 5.32 Å². The summed E-state index contributed by atoms with van der Waals surface area (Å²) in [5.74, 6) is -0.241. The molecule has 0 bridgehead atoms. The molecule has 0 saturated carbocycles. The Bertz CT molecular complexity index is 315. The van der Waals surface area contributed by atoms with E-state index in [0.29, 0.717) is 12.2 Å². The number of hydrogen-bond donors (Lipinski definition) is 1. The predicted molar refractivity (Wildman–Crippen MR) is 55.8 cm³/mol. The van der Waals surface area contributed by atoms with Gasteiger partial charge in [0.25, 0.3) is 0 Å². The number of anilines is 1. The van der Waals surface area contributed by atoms with Crippen molar-refractivity contribution in [3.8, 4) is 0 Å². The van der Waals surface area contributed by atoms with Gasteiger partial charge in [0.05, 0.1) is 11.0 Å². The highest BCUT2D eigenvalue weighted by molar-refractivity contribution is 9.10. The first-order valence-electron chi connectivity index (χ1n) is 4.20. The Morgan fingerprint density at radius 3 is 2.93 bits per heavy atom. The van der Waals surface area contributed by atoms with Gasteiger partial charge in [-0.3, -0.25) is 4.79 Å². The van der Waals surface area contributed by atoms with Gasteiger partial charge in [0.2, 0.25) is 5.91 Å². The van der Waals surface area contributed by atoms with E-state index in [1.54, 1.807) is 0 Å². The van der Waals surface area contributed by atoms with Crippen molar-refractivity contribution in [1.82, 2.24) is 4.98 Å². The number of pyridine rings is 1. The fourth-order valence-corrected chi connectivity index (χ4v) is 0.954. The van der Waals surface area contributed by atoms with E-state index in [-0.39, 0.29) is 10.7 Å². The summed E-state index contributed by atoms with van der Waals surface area (Å²) in [5.41, 5.74) is 0. The van der Waals surface area contributed by atoms with Crippen LogP contribution in [0.1, 0.15) is 13.3 Å². The van der Waals surface area contributed by atoms with Crippen LogP contribution in [-0.2, 0) is 4.79 Å². The number of alkyl halides is 1. The first kappa shape index (κ1) is 11.1. The topological polar surface area (TPSA) is 42.0 Å². The number of rotatable bonds is 3. The van der Waals surface area contributed by atoms with Crippen LogP contribution in [-0.4, -0.2) is 15.7 Å². The third-order valence-electron chi connectivity index (χ3n) is 1.62. The summed E-state index contributed by atoms with van der Waals surface area (Å²) in [6, 6.07) is 2.67. The van der Waals surface area contributed by atoms with Crippen LogP contribution in [0.3, 0.4) is 0 Å². The van der Waals surface area contributed by atoms with Crippen LogP contribution < -0.4 is 5.32 Å². The maximum atomic E-state index is 12.5. The molecule has 0 aliphatic heterocycles. The molecule has 5 heteroatoms. The number of carbonyl (C=O) groups is 1. The van der Waals surface area contributed by atoms with E-state index < -0.39 is 5.82 Å². The quantitative estimate of drug-likeness (QED) is 0.848. The molecular weight excluding hydrogens is 251 g/mol. The molecule has 1 atom stereocenters. The normalized spacial score (nSPS) is 12.2. The van der Waals surface area contributed by atoms with Gasteiger partial charge in [0.15, 0.2) is 0 Å². The summed E-state index contributed by atoms with van der Waals surface area (Å²) in [6.07, 6.45) is 1.75. The summed E-state index contributed by atoms with van der Waals surface area (Å²) in [6.45, 7) is 1.89. The van der Waals surface area contributed by atoms with Crippen molar-refractivity contribution in [2.75, 3.05) is 5.32 Å². The molecule has 0 aliphatic rings. The number of nitrogens with one attached hydrogen (secondary N) is 1. The van der Waals surface area contributed by atoms with Crippen LogP contribution in [0.15, 0.2) is 18.3 Å². The number of carbonyl (C=O) groups excluding carboxylic acids is 1. The lowest BCUT2D eigenvalue weighted by Crippen LogP contribution is -2.22. The lowest BCUT2D eigenvalue weighted by Gasteiger charge is -2.07. The number of halogens is 2. The van der Waals surface area contributed by atoms with Crippen LogP contribution in [0.2, 0.25) is 0 Å². The predicted octanol–water partition coefficient (Wildman–Crippen LogP) is 2.33. The average Bonchev–Trinajstić information content (AvgIpc) is 2.20. The fourth-order valence-electron chi connectivity index (χ4n) is 0.840. The van der Waals surface area contributed by atoms with Gasteiger partial charge in [-0.1, -0.05) is 22.9 Å². The second-order valence-electron chi connectivity index (χ2n) is 2.73. The van der Waals surface area contributed by atoms with E-state index in [1.165, 1.54) is 12.1 Å². The Kier molecular flexibility index (Phi) is 4.00. The molecule has 0 spiro atoms. The summed E-state index contributed by atoms with van der Waals surface area (Å²) in [5, 5.41) is 2.56. The largest absolute Gasteiger partial charge is 0.310 e. The van der Waals surface area contributed by atoms with Gasteiger partial charge in [-0.25, -0.2) is 9.37 Å². The highest BCUT2D eigenvalue weighted by atomic mass is 79.9. The summed E-state index contributed by atoms with van der Waals surface area (Å²) in [4.78, 5) is 14.8. The van der Waals surface area contributed by atoms with E-state index in [9.17, 15) is 9.18 Å². The lowest BCUT2D eigenvalue weighted by atomic mass is 10.3. The van der Waals surface area contributed by atoms with Crippen LogP contribution in [0.4, 0.5) is 10.2 Å². The summed E-state index contributed by atoms with van der Waals surface area (Å²) < 4.78 is 12.5. The van der Waals surface area contributed by atoms with Crippen LogP contribution in [0.5, 0.6) is 0 Å². The second kappa shape index (κ2) is 5.05. The average molecular weight is 261 g/mol. The molecule has 1 aromatic rings. The monoisotopic (exact) mass is 260 g/mol. The lowest BCUT2D eigenvalue weighted by molar-refractivity contribution is -0.115. The van der Waals surface area contributed by atoms with Crippen LogP contribution in [0, 0.1) is 5.82 Å². The summed E-state index contributed by atoms with van der Waals surface area (Å²) >= 11 is 3.20.